The van der Waals surface area contributed by atoms with Gasteiger partial charge in [0.25, 0.3) is 0 Å². The number of nitrogens with zero attached hydrogens (tertiary/aromatic N) is 1. The van der Waals surface area contributed by atoms with Crippen molar-refractivity contribution in [2.45, 2.75) is 51.6 Å². The van der Waals surface area contributed by atoms with Gasteiger partial charge in [-0.2, -0.15) is 0 Å². The Morgan fingerprint density at radius 2 is 1.71 bits per heavy atom. The summed E-state index contributed by atoms with van der Waals surface area (Å²) >= 11 is 1.32. The van der Waals surface area contributed by atoms with E-state index >= 15 is 0 Å². The maximum Gasteiger partial charge on any atom is 0.234 e. The molecule has 0 saturated heterocycles. The van der Waals surface area contributed by atoms with Gasteiger partial charge in [-0.1, -0.05) is 43.5 Å². The number of carbonyl (C=O) groups is 2. The molecule has 166 valence electrons. The van der Waals surface area contributed by atoms with Crippen molar-refractivity contribution in [3.8, 4) is 0 Å². The van der Waals surface area contributed by atoms with Crippen LogP contribution in [0.25, 0.3) is 0 Å². The lowest BCUT2D eigenvalue weighted by atomic mass is 9.94. The fourth-order valence-corrected chi connectivity index (χ4v) is 4.58. The molecule has 0 heterocycles. The Morgan fingerprint density at radius 1 is 1.00 bits per heavy atom. The van der Waals surface area contributed by atoms with Crippen LogP contribution < -0.4 is 15.5 Å². The second-order valence-electron chi connectivity index (χ2n) is 8.26. The smallest absolute Gasteiger partial charge is 0.234 e. The van der Waals surface area contributed by atoms with Crippen LogP contribution in [-0.2, 0) is 16.1 Å². The molecule has 0 radical (unpaired) electrons. The van der Waals surface area contributed by atoms with Crippen molar-refractivity contribution < 1.29 is 9.59 Å². The summed E-state index contributed by atoms with van der Waals surface area (Å²) in [6, 6.07) is 16.8. The van der Waals surface area contributed by atoms with Crippen molar-refractivity contribution in [1.29, 1.82) is 0 Å². The molecule has 5 nitrogen and oxygen atoms in total. The fraction of sp³-hybridized carbons (Fsp3) is 0.440. The van der Waals surface area contributed by atoms with Crippen molar-refractivity contribution in [1.82, 2.24) is 5.32 Å². The maximum absolute atomic E-state index is 12.1. The average Bonchev–Trinajstić information content (AvgIpc) is 2.78. The van der Waals surface area contributed by atoms with E-state index in [0.29, 0.717) is 12.6 Å². The Bertz CT molecular complexity index is 863. The molecule has 0 bridgehead atoms. The number of anilines is 2. The van der Waals surface area contributed by atoms with E-state index in [1.54, 1.807) is 0 Å². The summed E-state index contributed by atoms with van der Waals surface area (Å²) in [4.78, 5) is 26.5. The molecule has 2 aromatic rings. The molecule has 1 fully saturated rings. The van der Waals surface area contributed by atoms with Gasteiger partial charge in [0, 0.05) is 31.0 Å². The molecule has 2 amide bonds. The molecule has 0 unspecified atom stereocenters. The molecule has 31 heavy (non-hydrogen) atoms. The first kappa shape index (κ1) is 23.2. The lowest BCUT2D eigenvalue weighted by Crippen LogP contribution is -2.33. The molecule has 0 aliphatic heterocycles. The third-order valence-corrected chi connectivity index (χ3v) is 6.66. The predicted octanol–water partition coefficient (Wildman–Crippen LogP) is 4.75. The SMILES string of the molecule is Cc1cccc(NC(=O)CSCC(=O)NCc2ccc(N(C)C3CCCCC3)cc2)c1. The summed E-state index contributed by atoms with van der Waals surface area (Å²) in [6.07, 6.45) is 6.55. The van der Waals surface area contributed by atoms with Crippen molar-refractivity contribution in [2.24, 2.45) is 0 Å². The highest BCUT2D eigenvalue weighted by molar-refractivity contribution is 8.00. The Morgan fingerprint density at radius 3 is 2.42 bits per heavy atom. The number of aryl methyl sites for hydroxylation is 1. The highest BCUT2D eigenvalue weighted by atomic mass is 32.2. The van der Waals surface area contributed by atoms with E-state index in [0.717, 1.165) is 16.8 Å². The van der Waals surface area contributed by atoms with Gasteiger partial charge in [-0.3, -0.25) is 9.59 Å². The number of thioether (sulfide) groups is 1. The molecule has 2 aromatic carbocycles. The van der Waals surface area contributed by atoms with E-state index in [2.05, 4.69) is 46.8 Å². The summed E-state index contributed by atoms with van der Waals surface area (Å²) in [7, 11) is 2.18. The monoisotopic (exact) mass is 439 g/mol. The molecule has 1 aliphatic rings. The highest BCUT2D eigenvalue weighted by Crippen LogP contribution is 2.26. The van der Waals surface area contributed by atoms with Crippen LogP contribution in [0.2, 0.25) is 0 Å². The van der Waals surface area contributed by atoms with Gasteiger partial charge in [-0.05, 0) is 55.2 Å². The Balaban J connectivity index is 1.35. The van der Waals surface area contributed by atoms with Crippen LogP contribution in [0.3, 0.4) is 0 Å². The van der Waals surface area contributed by atoms with Crippen LogP contribution in [0.5, 0.6) is 0 Å². The molecule has 0 aromatic heterocycles. The summed E-state index contributed by atoms with van der Waals surface area (Å²) in [5, 5.41) is 5.79. The Kier molecular flexibility index (Phi) is 8.83. The van der Waals surface area contributed by atoms with Crippen molar-refractivity contribution in [3.63, 3.8) is 0 Å². The molecule has 6 heteroatoms. The molecule has 1 saturated carbocycles. The number of carbonyl (C=O) groups excluding carboxylic acids is 2. The van der Waals surface area contributed by atoms with E-state index in [1.807, 2.05) is 31.2 Å². The number of hydrogen-bond acceptors (Lipinski definition) is 4. The molecule has 0 atom stereocenters. The summed E-state index contributed by atoms with van der Waals surface area (Å²) in [6.45, 7) is 2.49. The van der Waals surface area contributed by atoms with E-state index in [4.69, 9.17) is 0 Å². The maximum atomic E-state index is 12.1. The van der Waals surface area contributed by atoms with Gasteiger partial charge in [-0.25, -0.2) is 0 Å². The van der Waals surface area contributed by atoms with E-state index < -0.39 is 0 Å². The molecular weight excluding hydrogens is 406 g/mol. The van der Waals surface area contributed by atoms with Crippen LogP contribution >= 0.6 is 11.8 Å². The third kappa shape index (κ3) is 7.62. The zero-order valence-electron chi connectivity index (χ0n) is 18.5. The third-order valence-electron chi connectivity index (χ3n) is 5.72. The first-order chi connectivity index (χ1) is 15.0. The van der Waals surface area contributed by atoms with Crippen LogP contribution in [0, 0.1) is 6.92 Å². The lowest BCUT2D eigenvalue weighted by Gasteiger charge is -2.33. The molecule has 0 spiro atoms. The minimum Gasteiger partial charge on any atom is -0.372 e. The number of benzene rings is 2. The standard InChI is InChI=1S/C25H33N3O2S/c1-19-7-6-8-21(15-19)27-25(30)18-31-17-24(29)26-16-20-11-13-23(14-12-20)28(2)22-9-4-3-5-10-22/h6-8,11-15,22H,3-5,9-10,16-18H2,1-2H3,(H,26,29)(H,27,30). The normalized spacial score (nSPS) is 14.1. The van der Waals surface area contributed by atoms with Gasteiger partial charge in [-0.15, -0.1) is 11.8 Å². The molecular formula is C25H33N3O2S. The zero-order chi connectivity index (χ0) is 22.1. The fourth-order valence-electron chi connectivity index (χ4n) is 3.94. The number of nitrogens with one attached hydrogen (secondary N) is 2. The lowest BCUT2D eigenvalue weighted by molar-refractivity contribution is -0.118. The minimum absolute atomic E-state index is 0.0586. The van der Waals surface area contributed by atoms with Crippen LogP contribution in [0.1, 0.15) is 43.2 Å². The van der Waals surface area contributed by atoms with E-state index in [1.165, 1.54) is 49.6 Å². The van der Waals surface area contributed by atoms with Crippen LogP contribution in [0.15, 0.2) is 48.5 Å². The van der Waals surface area contributed by atoms with Crippen LogP contribution in [0.4, 0.5) is 11.4 Å². The van der Waals surface area contributed by atoms with Gasteiger partial charge >= 0.3 is 0 Å². The molecule has 2 N–H and O–H groups in total. The first-order valence-electron chi connectivity index (χ1n) is 11.0. The average molecular weight is 440 g/mol. The van der Waals surface area contributed by atoms with Crippen molar-refractivity contribution in [2.75, 3.05) is 28.8 Å². The minimum atomic E-state index is -0.0962. The summed E-state index contributed by atoms with van der Waals surface area (Å²) in [5.74, 6) is 0.366. The van der Waals surface area contributed by atoms with Gasteiger partial charge in [0.1, 0.15) is 0 Å². The Hall–Kier alpha value is -2.47. The second kappa shape index (κ2) is 11.8. The highest BCUT2D eigenvalue weighted by Gasteiger charge is 2.18. The first-order valence-corrected chi connectivity index (χ1v) is 12.2. The van der Waals surface area contributed by atoms with Gasteiger partial charge < -0.3 is 15.5 Å². The second-order valence-corrected chi connectivity index (χ2v) is 9.24. The molecule has 3 rings (SSSR count). The summed E-state index contributed by atoms with van der Waals surface area (Å²) in [5.41, 5.74) is 4.19. The zero-order valence-corrected chi connectivity index (χ0v) is 19.3. The number of amides is 2. The van der Waals surface area contributed by atoms with Gasteiger partial charge in [0.05, 0.1) is 11.5 Å². The summed E-state index contributed by atoms with van der Waals surface area (Å²) < 4.78 is 0. The van der Waals surface area contributed by atoms with Crippen LogP contribution in [-0.4, -0.2) is 36.4 Å². The van der Waals surface area contributed by atoms with Gasteiger partial charge in [0.15, 0.2) is 0 Å². The van der Waals surface area contributed by atoms with E-state index in [-0.39, 0.29) is 23.3 Å². The Labute approximate surface area is 190 Å². The molecule has 1 aliphatic carbocycles. The van der Waals surface area contributed by atoms with Crippen molar-refractivity contribution in [3.05, 3.63) is 59.7 Å². The van der Waals surface area contributed by atoms with Gasteiger partial charge in [0.2, 0.25) is 11.8 Å². The quantitative estimate of drug-likeness (QED) is 0.592. The topological polar surface area (TPSA) is 61.4 Å². The van der Waals surface area contributed by atoms with Crippen molar-refractivity contribution >= 4 is 35.0 Å². The number of hydrogen-bond donors (Lipinski definition) is 2. The van der Waals surface area contributed by atoms with E-state index in [9.17, 15) is 9.59 Å². The number of rotatable bonds is 9. The predicted molar refractivity (Wildman–Crippen MR) is 131 cm³/mol. The largest absolute Gasteiger partial charge is 0.372 e.